The molecule has 7 heteroatoms. The van der Waals surface area contributed by atoms with Gasteiger partial charge in [0.25, 0.3) is 5.91 Å². The molecule has 0 aliphatic carbocycles. The Morgan fingerprint density at radius 1 is 0.929 bits per heavy atom. The van der Waals surface area contributed by atoms with Crippen molar-refractivity contribution in [2.75, 3.05) is 0 Å². The molecule has 28 heavy (non-hydrogen) atoms. The highest BCUT2D eigenvalue weighted by molar-refractivity contribution is 9.10. The SMILES string of the molecule is O=C(N/N=C/c1ccccc1OC(=O)c1ccc(Cl)cc1)c1ccc(Br)cc1. The molecule has 1 N–H and O–H groups in total. The fraction of sp³-hybridized carbons (Fsp3) is 0. The Morgan fingerprint density at radius 3 is 2.29 bits per heavy atom. The van der Waals surface area contributed by atoms with E-state index in [0.29, 0.717) is 27.5 Å². The molecule has 3 aromatic rings. The topological polar surface area (TPSA) is 67.8 Å². The Hall–Kier alpha value is -2.96. The number of halogens is 2. The van der Waals surface area contributed by atoms with Gasteiger partial charge in [-0.05, 0) is 60.7 Å². The van der Waals surface area contributed by atoms with Gasteiger partial charge in [0.2, 0.25) is 0 Å². The van der Waals surface area contributed by atoms with Crippen LogP contribution in [-0.4, -0.2) is 18.1 Å². The largest absolute Gasteiger partial charge is 0.422 e. The van der Waals surface area contributed by atoms with Crippen LogP contribution in [0, 0.1) is 0 Å². The number of amides is 1. The molecule has 5 nitrogen and oxygen atoms in total. The molecule has 0 unspecified atom stereocenters. The van der Waals surface area contributed by atoms with Crippen LogP contribution in [0.3, 0.4) is 0 Å². The summed E-state index contributed by atoms with van der Waals surface area (Å²) < 4.78 is 6.31. The number of hydrogen-bond acceptors (Lipinski definition) is 4. The van der Waals surface area contributed by atoms with Crippen molar-refractivity contribution in [3.05, 3.63) is 99.0 Å². The minimum Gasteiger partial charge on any atom is -0.422 e. The maximum absolute atomic E-state index is 12.3. The number of hydrogen-bond donors (Lipinski definition) is 1. The summed E-state index contributed by atoms with van der Waals surface area (Å²) in [5, 5.41) is 4.48. The van der Waals surface area contributed by atoms with Crippen LogP contribution in [0.15, 0.2) is 82.4 Å². The maximum Gasteiger partial charge on any atom is 0.343 e. The summed E-state index contributed by atoms with van der Waals surface area (Å²) in [4.78, 5) is 24.4. The highest BCUT2D eigenvalue weighted by Crippen LogP contribution is 2.18. The second kappa shape index (κ2) is 9.30. The van der Waals surface area contributed by atoms with E-state index in [1.165, 1.54) is 6.21 Å². The van der Waals surface area contributed by atoms with Crippen molar-refractivity contribution in [3.63, 3.8) is 0 Å². The first kappa shape index (κ1) is 19.8. The van der Waals surface area contributed by atoms with E-state index >= 15 is 0 Å². The normalized spacial score (nSPS) is 10.6. The fourth-order valence-electron chi connectivity index (χ4n) is 2.25. The highest BCUT2D eigenvalue weighted by atomic mass is 79.9. The molecule has 0 aliphatic heterocycles. The number of para-hydroxylation sites is 1. The third-order valence-corrected chi connectivity index (χ3v) is 4.46. The van der Waals surface area contributed by atoms with E-state index in [1.807, 2.05) is 0 Å². The van der Waals surface area contributed by atoms with Crippen LogP contribution in [0.25, 0.3) is 0 Å². The lowest BCUT2D eigenvalue weighted by atomic mass is 10.2. The van der Waals surface area contributed by atoms with Crippen LogP contribution in [-0.2, 0) is 0 Å². The summed E-state index contributed by atoms with van der Waals surface area (Å²) in [7, 11) is 0. The number of hydrazone groups is 1. The molecule has 0 atom stereocenters. The van der Waals surface area contributed by atoms with Gasteiger partial charge >= 0.3 is 5.97 Å². The average molecular weight is 458 g/mol. The number of rotatable bonds is 5. The number of esters is 1. The number of carbonyl (C=O) groups excluding carboxylic acids is 2. The molecule has 3 rings (SSSR count). The predicted octanol–water partition coefficient (Wildman–Crippen LogP) is 5.09. The van der Waals surface area contributed by atoms with Gasteiger partial charge in [-0.15, -0.1) is 0 Å². The molecular formula is C21H14BrClN2O3. The Kier molecular flexibility index (Phi) is 6.57. The lowest BCUT2D eigenvalue weighted by molar-refractivity contribution is 0.0734. The standard InChI is InChI=1S/C21H14BrClN2O3/c22-17-9-5-14(6-10-17)20(26)25-24-13-16-3-1-2-4-19(16)28-21(27)15-7-11-18(23)12-8-15/h1-13H,(H,25,26)/b24-13+. The van der Waals surface area contributed by atoms with Crippen molar-refractivity contribution in [2.24, 2.45) is 5.10 Å². The van der Waals surface area contributed by atoms with Gasteiger partial charge in [0.1, 0.15) is 5.75 Å². The monoisotopic (exact) mass is 456 g/mol. The zero-order chi connectivity index (χ0) is 19.9. The fourth-order valence-corrected chi connectivity index (χ4v) is 2.64. The zero-order valence-corrected chi connectivity index (χ0v) is 16.8. The maximum atomic E-state index is 12.3. The molecule has 0 heterocycles. The van der Waals surface area contributed by atoms with Crippen LogP contribution >= 0.6 is 27.5 Å². The third kappa shape index (κ3) is 5.28. The molecule has 0 fully saturated rings. The summed E-state index contributed by atoms with van der Waals surface area (Å²) in [5.41, 5.74) is 3.84. The molecule has 0 spiro atoms. The summed E-state index contributed by atoms with van der Waals surface area (Å²) in [6, 6.07) is 20.2. The summed E-state index contributed by atoms with van der Waals surface area (Å²) in [6.07, 6.45) is 1.42. The van der Waals surface area contributed by atoms with Gasteiger partial charge in [0.05, 0.1) is 11.8 Å². The van der Waals surface area contributed by atoms with Gasteiger partial charge in [-0.25, -0.2) is 10.2 Å². The van der Waals surface area contributed by atoms with E-state index in [2.05, 4.69) is 26.5 Å². The van der Waals surface area contributed by atoms with Gasteiger partial charge in [0, 0.05) is 20.6 Å². The highest BCUT2D eigenvalue weighted by Gasteiger charge is 2.11. The van der Waals surface area contributed by atoms with E-state index in [-0.39, 0.29) is 5.91 Å². The number of carbonyl (C=O) groups is 2. The molecule has 140 valence electrons. The van der Waals surface area contributed by atoms with Crippen LogP contribution < -0.4 is 10.2 Å². The van der Waals surface area contributed by atoms with E-state index in [4.69, 9.17) is 16.3 Å². The molecule has 0 saturated carbocycles. The van der Waals surface area contributed by atoms with Gasteiger partial charge in [0.15, 0.2) is 0 Å². The number of ether oxygens (including phenoxy) is 1. The van der Waals surface area contributed by atoms with E-state index < -0.39 is 5.97 Å². The second-order valence-electron chi connectivity index (χ2n) is 5.64. The predicted molar refractivity (Wildman–Crippen MR) is 112 cm³/mol. The second-order valence-corrected chi connectivity index (χ2v) is 6.99. The zero-order valence-electron chi connectivity index (χ0n) is 14.4. The van der Waals surface area contributed by atoms with Crippen molar-refractivity contribution in [1.29, 1.82) is 0 Å². The van der Waals surface area contributed by atoms with Crippen LogP contribution in [0.5, 0.6) is 5.75 Å². The Bertz CT molecular complexity index is 1020. The summed E-state index contributed by atoms with van der Waals surface area (Å²) in [6.45, 7) is 0. The van der Waals surface area contributed by atoms with Crippen molar-refractivity contribution in [1.82, 2.24) is 5.43 Å². The molecule has 3 aromatic carbocycles. The van der Waals surface area contributed by atoms with E-state index in [0.717, 1.165) is 4.47 Å². The molecule has 0 bridgehead atoms. The van der Waals surface area contributed by atoms with Gasteiger partial charge in [-0.3, -0.25) is 4.79 Å². The van der Waals surface area contributed by atoms with Crippen molar-refractivity contribution >= 4 is 45.6 Å². The molecule has 0 aromatic heterocycles. The van der Waals surface area contributed by atoms with Gasteiger partial charge in [-0.2, -0.15) is 5.10 Å². The molecule has 0 radical (unpaired) electrons. The van der Waals surface area contributed by atoms with Crippen LogP contribution in [0.2, 0.25) is 5.02 Å². The van der Waals surface area contributed by atoms with Crippen molar-refractivity contribution in [3.8, 4) is 5.75 Å². The lowest BCUT2D eigenvalue weighted by Gasteiger charge is -2.07. The number of benzene rings is 3. The Morgan fingerprint density at radius 2 is 1.57 bits per heavy atom. The molecule has 0 aliphatic rings. The molecular weight excluding hydrogens is 444 g/mol. The number of nitrogens with one attached hydrogen (secondary N) is 1. The van der Waals surface area contributed by atoms with Gasteiger partial charge < -0.3 is 4.74 Å². The van der Waals surface area contributed by atoms with Crippen molar-refractivity contribution < 1.29 is 14.3 Å². The summed E-state index contributed by atoms with van der Waals surface area (Å²) >= 11 is 9.15. The quantitative estimate of drug-likeness (QED) is 0.251. The average Bonchev–Trinajstić information content (AvgIpc) is 2.70. The smallest absolute Gasteiger partial charge is 0.343 e. The number of nitrogens with zero attached hydrogens (tertiary/aromatic N) is 1. The van der Waals surface area contributed by atoms with Gasteiger partial charge in [-0.1, -0.05) is 39.7 Å². The first-order valence-corrected chi connectivity index (χ1v) is 9.36. The van der Waals surface area contributed by atoms with Crippen LogP contribution in [0.4, 0.5) is 0 Å². The lowest BCUT2D eigenvalue weighted by Crippen LogP contribution is -2.17. The molecule has 0 saturated heterocycles. The first-order chi connectivity index (χ1) is 13.5. The minimum absolute atomic E-state index is 0.323. The first-order valence-electron chi connectivity index (χ1n) is 8.19. The van der Waals surface area contributed by atoms with E-state index in [1.54, 1.807) is 72.8 Å². The Balaban J connectivity index is 1.68. The minimum atomic E-state index is -0.517. The summed E-state index contributed by atoms with van der Waals surface area (Å²) in [5.74, 6) is -0.542. The third-order valence-electron chi connectivity index (χ3n) is 3.68. The van der Waals surface area contributed by atoms with Crippen LogP contribution in [0.1, 0.15) is 26.3 Å². The van der Waals surface area contributed by atoms with Crippen molar-refractivity contribution in [2.45, 2.75) is 0 Å². The van der Waals surface area contributed by atoms with E-state index in [9.17, 15) is 9.59 Å². The molecule has 1 amide bonds. The Labute approximate surface area is 175 Å².